The van der Waals surface area contributed by atoms with Crippen molar-refractivity contribution in [3.05, 3.63) is 52.8 Å². The van der Waals surface area contributed by atoms with Gasteiger partial charge in [-0.05, 0) is 51.7 Å². The topological polar surface area (TPSA) is 72.3 Å². The van der Waals surface area contributed by atoms with Crippen LogP contribution < -0.4 is 10.1 Å². The molecular weight excluding hydrogens is 354 g/mol. The number of hydrogen-bond acceptors (Lipinski definition) is 5. The fourth-order valence-corrected chi connectivity index (χ4v) is 3.12. The molecule has 1 aromatic carbocycles. The Hall–Kier alpha value is -2.93. The van der Waals surface area contributed by atoms with Gasteiger partial charge in [-0.3, -0.25) is 9.48 Å². The van der Waals surface area contributed by atoms with E-state index in [1.807, 2.05) is 65.3 Å². The Morgan fingerprint density at radius 1 is 1.25 bits per heavy atom. The van der Waals surface area contributed by atoms with Gasteiger partial charge >= 0.3 is 0 Å². The minimum atomic E-state index is -0.134. The van der Waals surface area contributed by atoms with Gasteiger partial charge in [-0.2, -0.15) is 5.10 Å². The van der Waals surface area contributed by atoms with Gasteiger partial charge in [-0.25, -0.2) is 4.98 Å². The van der Waals surface area contributed by atoms with Crippen molar-refractivity contribution in [2.45, 2.75) is 20.4 Å². The van der Waals surface area contributed by atoms with Crippen molar-refractivity contribution < 1.29 is 9.53 Å². The molecule has 3 rings (SSSR count). The van der Waals surface area contributed by atoms with Crippen LogP contribution in [0.1, 0.15) is 27.3 Å². The van der Waals surface area contributed by atoms with Crippen LogP contribution >= 0.6 is 0 Å². The van der Waals surface area contributed by atoms with Crippen molar-refractivity contribution in [1.29, 1.82) is 0 Å². The number of rotatable bonds is 7. The van der Waals surface area contributed by atoms with Crippen LogP contribution in [-0.2, 0) is 13.6 Å². The molecule has 28 heavy (non-hydrogen) atoms. The molecule has 7 nitrogen and oxygen atoms in total. The molecule has 0 aliphatic carbocycles. The molecule has 1 N–H and O–H groups in total. The van der Waals surface area contributed by atoms with Crippen molar-refractivity contribution in [3.63, 3.8) is 0 Å². The zero-order chi connectivity index (χ0) is 20.3. The van der Waals surface area contributed by atoms with Gasteiger partial charge in [0, 0.05) is 25.8 Å². The first-order valence-electron chi connectivity index (χ1n) is 9.31. The van der Waals surface area contributed by atoms with Gasteiger partial charge in [0.1, 0.15) is 12.4 Å². The third-order valence-corrected chi connectivity index (χ3v) is 4.50. The first-order valence-corrected chi connectivity index (χ1v) is 9.31. The summed E-state index contributed by atoms with van der Waals surface area (Å²) in [4.78, 5) is 19.4. The number of likely N-dealkylation sites (N-methyl/N-ethyl adjacent to an activating group) is 1. The fraction of sp³-hybridized carbons (Fsp3) is 0.381. The minimum absolute atomic E-state index is 0.134. The van der Waals surface area contributed by atoms with E-state index in [-0.39, 0.29) is 5.91 Å². The second-order valence-corrected chi connectivity index (χ2v) is 7.20. The Balaban J connectivity index is 1.72. The molecule has 0 saturated heterocycles. The molecule has 0 atom stereocenters. The summed E-state index contributed by atoms with van der Waals surface area (Å²) < 4.78 is 7.48. The molecule has 0 saturated carbocycles. The van der Waals surface area contributed by atoms with Crippen molar-refractivity contribution in [3.8, 4) is 5.75 Å². The summed E-state index contributed by atoms with van der Waals surface area (Å²) in [5, 5.41) is 8.20. The Morgan fingerprint density at radius 2 is 2.04 bits per heavy atom. The number of aryl methyl sites for hydroxylation is 3. The maximum absolute atomic E-state index is 12.9. The van der Waals surface area contributed by atoms with E-state index in [2.05, 4.69) is 20.3 Å². The maximum Gasteiger partial charge on any atom is 0.252 e. The largest absolute Gasteiger partial charge is 0.492 e. The van der Waals surface area contributed by atoms with Crippen LogP contribution in [0.5, 0.6) is 5.75 Å². The standard InChI is InChI=1S/C21H27N5O2/c1-14-11-18(19-15(2)24-26(5)20(19)23-14)21(27)22-13-16-7-6-8-17(12-16)28-10-9-25(3)4/h6-8,11-12H,9-10,13H2,1-5H3,(H,22,27). The molecule has 2 aromatic heterocycles. The van der Waals surface area contributed by atoms with Crippen LogP contribution in [0.4, 0.5) is 0 Å². The Bertz CT molecular complexity index is 994. The molecule has 0 spiro atoms. The summed E-state index contributed by atoms with van der Waals surface area (Å²) in [7, 11) is 5.86. The fourth-order valence-electron chi connectivity index (χ4n) is 3.12. The van der Waals surface area contributed by atoms with Crippen molar-refractivity contribution in [2.75, 3.05) is 27.2 Å². The molecule has 0 radical (unpaired) electrons. The second kappa shape index (κ2) is 8.39. The van der Waals surface area contributed by atoms with E-state index in [4.69, 9.17) is 4.74 Å². The van der Waals surface area contributed by atoms with E-state index < -0.39 is 0 Å². The Labute approximate surface area is 165 Å². The summed E-state index contributed by atoms with van der Waals surface area (Å²) in [5.74, 6) is 0.671. The van der Waals surface area contributed by atoms with Gasteiger partial charge < -0.3 is 15.0 Å². The molecule has 1 amide bonds. The lowest BCUT2D eigenvalue weighted by atomic mass is 10.1. The minimum Gasteiger partial charge on any atom is -0.492 e. The van der Waals surface area contributed by atoms with E-state index >= 15 is 0 Å². The lowest BCUT2D eigenvalue weighted by Gasteiger charge is -2.12. The molecule has 7 heteroatoms. The van der Waals surface area contributed by atoms with E-state index in [1.54, 1.807) is 4.68 Å². The third-order valence-electron chi connectivity index (χ3n) is 4.50. The van der Waals surface area contributed by atoms with E-state index in [0.29, 0.717) is 18.7 Å². The molecular formula is C21H27N5O2. The Morgan fingerprint density at radius 3 is 2.79 bits per heavy atom. The summed E-state index contributed by atoms with van der Waals surface area (Å²) >= 11 is 0. The van der Waals surface area contributed by atoms with Gasteiger partial charge in [-0.1, -0.05) is 12.1 Å². The summed E-state index contributed by atoms with van der Waals surface area (Å²) in [6.45, 7) is 5.67. The van der Waals surface area contributed by atoms with Gasteiger partial charge in [0.15, 0.2) is 5.65 Å². The summed E-state index contributed by atoms with van der Waals surface area (Å²) in [5.41, 5.74) is 3.90. The molecule has 0 aliphatic heterocycles. The predicted molar refractivity (Wildman–Crippen MR) is 110 cm³/mol. The number of benzene rings is 1. The average molecular weight is 381 g/mol. The van der Waals surface area contributed by atoms with E-state index in [1.165, 1.54) is 0 Å². The van der Waals surface area contributed by atoms with Crippen molar-refractivity contribution >= 4 is 16.9 Å². The summed E-state index contributed by atoms with van der Waals surface area (Å²) in [6.07, 6.45) is 0. The number of carbonyl (C=O) groups is 1. The highest BCUT2D eigenvalue weighted by molar-refractivity contribution is 6.06. The molecule has 0 bridgehead atoms. The van der Waals surface area contributed by atoms with Crippen LogP contribution in [0.25, 0.3) is 11.0 Å². The normalized spacial score (nSPS) is 11.2. The number of nitrogens with zero attached hydrogens (tertiary/aromatic N) is 4. The van der Waals surface area contributed by atoms with Gasteiger partial charge in [0.05, 0.1) is 16.6 Å². The van der Waals surface area contributed by atoms with Gasteiger partial charge in [-0.15, -0.1) is 0 Å². The van der Waals surface area contributed by atoms with Crippen LogP contribution in [0.3, 0.4) is 0 Å². The third kappa shape index (κ3) is 4.48. The Kier molecular flexibility index (Phi) is 5.94. The number of hydrogen-bond donors (Lipinski definition) is 1. The van der Waals surface area contributed by atoms with Crippen molar-refractivity contribution in [1.82, 2.24) is 25.0 Å². The quantitative estimate of drug-likeness (QED) is 0.681. The lowest BCUT2D eigenvalue weighted by molar-refractivity contribution is 0.0952. The van der Waals surface area contributed by atoms with Crippen LogP contribution in [0.15, 0.2) is 30.3 Å². The first-order chi connectivity index (χ1) is 13.3. The molecule has 0 aliphatic rings. The highest BCUT2D eigenvalue weighted by atomic mass is 16.5. The molecule has 0 fully saturated rings. The lowest BCUT2D eigenvalue weighted by Crippen LogP contribution is -2.23. The smallest absolute Gasteiger partial charge is 0.252 e. The highest BCUT2D eigenvalue weighted by Crippen LogP contribution is 2.22. The highest BCUT2D eigenvalue weighted by Gasteiger charge is 2.17. The number of carbonyl (C=O) groups excluding carboxylic acids is 1. The number of aromatic nitrogens is 3. The molecule has 148 valence electrons. The van der Waals surface area contributed by atoms with E-state index in [9.17, 15) is 4.79 Å². The predicted octanol–water partition coefficient (Wildman–Crippen LogP) is 2.46. The van der Waals surface area contributed by atoms with E-state index in [0.717, 1.165) is 40.3 Å². The van der Waals surface area contributed by atoms with Gasteiger partial charge in [0.2, 0.25) is 0 Å². The van der Waals surface area contributed by atoms with Crippen molar-refractivity contribution in [2.24, 2.45) is 7.05 Å². The van der Waals surface area contributed by atoms with Crippen LogP contribution in [-0.4, -0.2) is 52.8 Å². The second-order valence-electron chi connectivity index (χ2n) is 7.20. The first kappa shape index (κ1) is 19.8. The number of nitrogens with one attached hydrogen (secondary N) is 1. The molecule has 3 aromatic rings. The summed E-state index contributed by atoms with van der Waals surface area (Å²) in [6, 6.07) is 9.61. The van der Waals surface area contributed by atoms with Crippen LogP contribution in [0, 0.1) is 13.8 Å². The molecule has 2 heterocycles. The SMILES string of the molecule is Cc1cc(C(=O)NCc2cccc(OCCN(C)C)c2)c2c(C)nn(C)c2n1. The number of amides is 1. The number of ether oxygens (including phenoxy) is 1. The average Bonchev–Trinajstić information content (AvgIpc) is 2.93. The van der Waals surface area contributed by atoms with Gasteiger partial charge in [0.25, 0.3) is 5.91 Å². The number of fused-ring (bicyclic) bond motifs is 1. The van der Waals surface area contributed by atoms with Crippen LogP contribution in [0.2, 0.25) is 0 Å². The maximum atomic E-state index is 12.9. The number of pyridine rings is 1. The zero-order valence-corrected chi connectivity index (χ0v) is 17.1. The molecule has 0 unspecified atom stereocenters. The monoisotopic (exact) mass is 381 g/mol. The zero-order valence-electron chi connectivity index (χ0n) is 17.1.